The minimum atomic E-state index is -3.02. The van der Waals surface area contributed by atoms with Gasteiger partial charge in [0.1, 0.15) is 11.9 Å². The summed E-state index contributed by atoms with van der Waals surface area (Å²) in [6, 6.07) is 12.0. The van der Waals surface area contributed by atoms with Crippen molar-refractivity contribution in [2.75, 3.05) is 29.9 Å². The topological polar surface area (TPSA) is 95.2 Å². The van der Waals surface area contributed by atoms with Crippen molar-refractivity contribution in [2.45, 2.75) is 39.8 Å². The summed E-state index contributed by atoms with van der Waals surface area (Å²) in [5.41, 5.74) is 3.31. The van der Waals surface area contributed by atoms with Crippen molar-refractivity contribution >= 4 is 21.6 Å². The molecule has 30 heavy (non-hydrogen) atoms. The zero-order valence-electron chi connectivity index (χ0n) is 17.7. The minimum Gasteiger partial charge on any atom is -0.326 e. The average Bonchev–Trinajstić information content (AvgIpc) is 3.18. The standard InChI is InChI=1S/C22H28N4O3S/c1-4-25(19-10-11-30(28,29)15-19)14-21(27)24-22-20(12-23)16(2)17(3)26(22)13-18-8-6-5-7-9-18/h5-9,19H,4,10-11,13-15H2,1-3H3,(H,24,27). The van der Waals surface area contributed by atoms with E-state index in [1.807, 2.05) is 60.6 Å². The molecule has 8 heteroatoms. The monoisotopic (exact) mass is 428 g/mol. The van der Waals surface area contributed by atoms with Gasteiger partial charge in [-0.3, -0.25) is 9.69 Å². The Morgan fingerprint density at radius 1 is 1.30 bits per heavy atom. The molecule has 0 radical (unpaired) electrons. The van der Waals surface area contributed by atoms with E-state index in [1.165, 1.54) is 0 Å². The fraction of sp³-hybridized carbons (Fsp3) is 0.455. The molecule has 1 aromatic carbocycles. The molecule has 7 nitrogen and oxygen atoms in total. The lowest BCUT2D eigenvalue weighted by molar-refractivity contribution is -0.117. The number of carbonyl (C=O) groups excluding carboxylic acids is 1. The van der Waals surface area contributed by atoms with Gasteiger partial charge in [0.2, 0.25) is 5.91 Å². The van der Waals surface area contributed by atoms with Crippen molar-refractivity contribution in [2.24, 2.45) is 0 Å². The van der Waals surface area contributed by atoms with E-state index >= 15 is 0 Å². The van der Waals surface area contributed by atoms with Gasteiger partial charge in [0.25, 0.3) is 0 Å². The van der Waals surface area contributed by atoms with Gasteiger partial charge in [0.05, 0.1) is 23.6 Å². The average molecular weight is 429 g/mol. The second-order valence-electron chi connectivity index (χ2n) is 7.79. The van der Waals surface area contributed by atoms with Crippen molar-refractivity contribution in [3.63, 3.8) is 0 Å². The van der Waals surface area contributed by atoms with Gasteiger partial charge >= 0.3 is 0 Å². The Hall–Kier alpha value is -2.63. The second-order valence-corrected chi connectivity index (χ2v) is 10.0. The molecule has 1 amide bonds. The molecule has 1 atom stereocenters. The fourth-order valence-corrected chi connectivity index (χ4v) is 5.77. The number of rotatable bonds is 7. The molecule has 0 spiro atoms. The quantitative estimate of drug-likeness (QED) is 0.731. The highest BCUT2D eigenvalue weighted by atomic mass is 32.2. The van der Waals surface area contributed by atoms with Gasteiger partial charge < -0.3 is 9.88 Å². The van der Waals surface area contributed by atoms with Crippen molar-refractivity contribution in [1.82, 2.24) is 9.47 Å². The van der Waals surface area contributed by atoms with Gasteiger partial charge in [0, 0.05) is 18.3 Å². The first-order valence-electron chi connectivity index (χ1n) is 10.1. The maximum absolute atomic E-state index is 12.9. The number of aromatic nitrogens is 1. The molecule has 0 saturated carbocycles. The van der Waals surface area contributed by atoms with Crippen LogP contribution in [-0.2, 0) is 21.2 Å². The highest BCUT2D eigenvalue weighted by Gasteiger charge is 2.32. The normalized spacial score (nSPS) is 17.8. The van der Waals surface area contributed by atoms with Crippen molar-refractivity contribution in [3.05, 3.63) is 52.7 Å². The second kappa shape index (κ2) is 9.02. The van der Waals surface area contributed by atoms with E-state index in [0.29, 0.717) is 30.9 Å². The number of sulfone groups is 1. The Labute approximate surface area is 178 Å². The Bertz CT molecular complexity index is 1070. The van der Waals surface area contributed by atoms with Crippen LogP contribution in [0.15, 0.2) is 30.3 Å². The van der Waals surface area contributed by atoms with E-state index in [2.05, 4.69) is 11.4 Å². The molecule has 2 aromatic rings. The number of nitriles is 1. The first-order chi connectivity index (χ1) is 14.3. The maximum Gasteiger partial charge on any atom is 0.239 e. The lowest BCUT2D eigenvalue weighted by atomic mass is 10.2. The number of benzene rings is 1. The number of anilines is 1. The van der Waals surface area contributed by atoms with E-state index in [-0.39, 0.29) is 30.0 Å². The summed E-state index contributed by atoms with van der Waals surface area (Å²) >= 11 is 0. The molecule has 1 aromatic heterocycles. The van der Waals surface area contributed by atoms with Crippen molar-refractivity contribution < 1.29 is 13.2 Å². The van der Waals surface area contributed by atoms with Crippen LogP contribution in [0.25, 0.3) is 0 Å². The Balaban J connectivity index is 1.82. The Kier molecular flexibility index (Phi) is 6.64. The number of nitrogens with zero attached hydrogens (tertiary/aromatic N) is 3. The van der Waals surface area contributed by atoms with Crippen molar-refractivity contribution in [3.8, 4) is 6.07 Å². The molecule has 1 aliphatic rings. The van der Waals surface area contributed by atoms with Crippen LogP contribution in [-0.4, -0.2) is 54.4 Å². The molecule has 160 valence electrons. The molecule has 1 aliphatic heterocycles. The van der Waals surface area contributed by atoms with Crippen LogP contribution in [0.3, 0.4) is 0 Å². The summed E-state index contributed by atoms with van der Waals surface area (Å²) < 4.78 is 25.6. The van der Waals surface area contributed by atoms with Gasteiger partial charge in [-0.2, -0.15) is 5.26 Å². The summed E-state index contributed by atoms with van der Waals surface area (Å²) in [6.45, 7) is 6.97. The first-order valence-corrected chi connectivity index (χ1v) is 12.0. The van der Waals surface area contributed by atoms with E-state index < -0.39 is 9.84 Å². The largest absolute Gasteiger partial charge is 0.326 e. The number of carbonyl (C=O) groups is 1. The summed E-state index contributed by atoms with van der Waals surface area (Å²) in [4.78, 5) is 14.8. The number of nitrogens with one attached hydrogen (secondary N) is 1. The molecule has 0 aliphatic carbocycles. The summed E-state index contributed by atoms with van der Waals surface area (Å²) in [5.74, 6) is 0.522. The zero-order chi connectivity index (χ0) is 21.9. The van der Waals surface area contributed by atoms with Crippen LogP contribution < -0.4 is 5.32 Å². The molecule has 2 heterocycles. The zero-order valence-corrected chi connectivity index (χ0v) is 18.5. The van der Waals surface area contributed by atoms with Crippen molar-refractivity contribution in [1.29, 1.82) is 5.26 Å². The Morgan fingerprint density at radius 3 is 2.57 bits per heavy atom. The fourth-order valence-electron chi connectivity index (χ4n) is 4.01. The lowest BCUT2D eigenvalue weighted by Crippen LogP contribution is -2.41. The van der Waals surface area contributed by atoms with E-state index in [4.69, 9.17) is 0 Å². The van der Waals surface area contributed by atoms with Crippen LogP contribution in [0.2, 0.25) is 0 Å². The maximum atomic E-state index is 12.9. The highest BCUT2D eigenvalue weighted by Crippen LogP contribution is 2.27. The number of amides is 1. The highest BCUT2D eigenvalue weighted by molar-refractivity contribution is 7.91. The van der Waals surface area contributed by atoms with Gasteiger partial charge in [-0.15, -0.1) is 0 Å². The van der Waals surface area contributed by atoms with Crippen LogP contribution in [0.1, 0.15) is 35.7 Å². The van der Waals surface area contributed by atoms with Crippen LogP contribution in [0.5, 0.6) is 0 Å². The van der Waals surface area contributed by atoms with Gasteiger partial charge in [-0.05, 0) is 37.9 Å². The SMILES string of the molecule is CCN(CC(=O)Nc1c(C#N)c(C)c(C)n1Cc1ccccc1)C1CCS(=O)(=O)C1. The smallest absolute Gasteiger partial charge is 0.239 e. The summed E-state index contributed by atoms with van der Waals surface area (Å²) in [6.07, 6.45) is 0.551. The molecular weight excluding hydrogens is 400 g/mol. The van der Waals surface area contributed by atoms with Crippen LogP contribution in [0.4, 0.5) is 5.82 Å². The number of hydrogen-bond donors (Lipinski definition) is 1. The predicted octanol–water partition coefficient (Wildman–Crippen LogP) is 2.47. The van der Waals surface area contributed by atoms with Gasteiger partial charge in [-0.1, -0.05) is 37.3 Å². The summed E-state index contributed by atoms with van der Waals surface area (Å²) in [5, 5.41) is 12.6. The number of hydrogen-bond acceptors (Lipinski definition) is 5. The molecule has 0 bridgehead atoms. The summed E-state index contributed by atoms with van der Waals surface area (Å²) in [7, 11) is -3.02. The molecule has 1 unspecified atom stereocenters. The Morgan fingerprint density at radius 2 is 2.00 bits per heavy atom. The van der Waals surface area contributed by atoms with Crippen LogP contribution in [0, 0.1) is 25.2 Å². The number of likely N-dealkylation sites (N-methyl/N-ethyl adjacent to an activating group) is 1. The molecule has 3 rings (SSSR count). The van der Waals surface area contributed by atoms with E-state index in [1.54, 1.807) is 0 Å². The molecule has 1 N–H and O–H groups in total. The molecular formula is C22H28N4O3S. The predicted molar refractivity (Wildman–Crippen MR) is 117 cm³/mol. The lowest BCUT2D eigenvalue weighted by Gasteiger charge is -2.26. The van der Waals surface area contributed by atoms with E-state index in [0.717, 1.165) is 16.8 Å². The molecule has 1 fully saturated rings. The van der Waals surface area contributed by atoms with Gasteiger partial charge in [-0.25, -0.2) is 8.42 Å². The minimum absolute atomic E-state index is 0.0934. The van der Waals surface area contributed by atoms with E-state index in [9.17, 15) is 18.5 Å². The third-order valence-corrected chi connectivity index (χ3v) is 7.61. The van der Waals surface area contributed by atoms with Crippen LogP contribution >= 0.6 is 0 Å². The van der Waals surface area contributed by atoms with Gasteiger partial charge in [0.15, 0.2) is 9.84 Å². The third kappa shape index (κ3) is 4.74. The third-order valence-electron chi connectivity index (χ3n) is 5.86. The molecule has 1 saturated heterocycles. The first kappa shape index (κ1) is 22.1.